The number of amidine groups is 1. The zero-order chi connectivity index (χ0) is 8.53. The largest absolute Gasteiger partial charge is 0.388 e. The Balaban J connectivity index is 3.82. The fraction of sp³-hybridized carbons (Fsp3) is 0.600. The van der Waals surface area contributed by atoms with Gasteiger partial charge in [-0.1, -0.05) is 5.22 Å². The maximum absolute atomic E-state index is 8.53. The van der Waals surface area contributed by atoms with Crippen molar-refractivity contribution in [2.24, 2.45) is 21.2 Å². The van der Waals surface area contributed by atoms with Crippen LogP contribution in [0.1, 0.15) is 6.42 Å². The predicted octanol–water partition coefficient (Wildman–Crippen LogP) is -0.383. The number of aliphatic hydroxyl groups is 1. The van der Waals surface area contributed by atoms with Crippen LogP contribution in [0.2, 0.25) is 0 Å². The number of hydrogen-bond donors (Lipinski definition) is 2. The van der Waals surface area contributed by atoms with Gasteiger partial charge < -0.3 is 10.9 Å². The summed E-state index contributed by atoms with van der Waals surface area (Å²) in [5, 5.41) is 22.9. The maximum Gasteiger partial charge on any atom is 0.173 e. The summed E-state index contributed by atoms with van der Waals surface area (Å²) in [5.41, 5.74) is 0. The minimum atomic E-state index is -0.313. The molecule has 0 bridgehead atoms. The smallest absolute Gasteiger partial charge is 0.173 e. The van der Waals surface area contributed by atoms with E-state index in [9.17, 15) is 0 Å². The molecule has 6 heteroatoms. The van der Waals surface area contributed by atoms with Gasteiger partial charge in [0.1, 0.15) is 6.61 Å². The Morgan fingerprint density at radius 3 is 2.82 bits per heavy atom. The molecule has 3 N–H and O–H groups in total. The number of nitriles is 1. The van der Waals surface area contributed by atoms with Crippen molar-refractivity contribution in [3.05, 3.63) is 0 Å². The lowest BCUT2D eigenvalue weighted by molar-refractivity contribution is 0.355. The minimum Gasteiger partial charge on any atom is -0.388 e. The van der Waals surface area contributed by atoms with Gasteiger partial charge in [0.2, 0.25) is 0 Å². The lowest BCUT2D eigenvalue weighted by atomic mass is 10.5. The average Bonchev–Trinajstić information content (AvgIpc) is 2.03. The zero-order valence-electron chi connectivity index (χ0n) is 5.93. The molecule has 0 saturated carbocycles. The molecule has 0 spiro atoms. The Bertz CT molecular complexity index is 192. The second kappa shape index (κ2) is 6.64. The molecular weight excluding hydrogens is 146 g/mol. The Hall–Kier alpha value is -1.48. The third-order valence-electron chi connectivity index (χ3n) is 0.833. The van der Waals surface area contributed by atoms with Gasteiger partial charge in [-0.2, -0.15) is 5.26 Å². The van der Waals surface area contributed by atoms with Gasteiger partial charge in [0.15, 0.2) is 5.84 Å². The summed E-state index contributed by atoms with van der Waals surface area (Å²) in [5.74, 6) is 4.85. The standard InChI is InChI=1S/C5H9N5O/c6-2-1-3-8-5(4-11)9-10-7/h11H,1,3-4H2,(H2,7,8,9). The van der Waals surface area contributed by atoms with Gasteiger partial charge in [-0.25, -0.2) is 0 Å². The fourth-order valence-electron chi connectivity index (χ4n) is 0.415. The first-order valence-electron chi connectivity index (χ1n) is 2.97. The SMILES string of the molecule is N#CCCN=C(CO)N=NN. The topological polar surface area (TPSA) is 107 Å². The van der Waals surface area contributed by atoms with E-state index >= 15 is 0 Å². The van der Waals surface area contributed by atoms with Crippen molar-refractivity contribution in [1.29, 1.82) is 5.26 Å². The average molecular weight is 155 g/mol. The van der Waals surface area contributed by atoms with Gasteiger partial charge in [-0.15, -0.1) is 5.11 Å². The van der Waals surface area contributed by atoms with E-state index in [1.54, 1.807) is 0 Å². The van der Waals surface area contributed by atoms with Crippen LogP contribution < -0.4 is 5.84 Å². The van der Waals surface area contributed by atoms with Crippen LogP contribution in [-0.4, -0.2) is 24.1 Å². The van der Waals surface area contributed by atoms with Gasteiger partial charge in [-0.05, 0) is 0 Å². The van der Waals surface area contributed by atoms with Gasteiger partial charge in [0.05, 0.1) is 19.0 Å². The molecule has 0 aromatic rings. The van der Waals surface area contributed by atoms with Crippen LogP contribution in [0.15, 0.2) is 15.3 Å². The van der Waals surface area contributed by atoms with Crippen LogP contribution >= 0.6 is 0 Å². The molecule has 0 aliphatic heterocycles. The lowest BCUT2D eigenvalue weighted by Crippen LogP contribution is -2.02. The summed E-state index contributed by atoms with van der Waals surface area (Å²) >= 11 is 0. The second-order valence-corrected chi connectivity index (χ2v) is 1.58. The highest BCUT2D eigenvalue weighted by Gasteiger charge is 1.91. The first kappa shape index (κ1) is 9.52. The van der Waals surface area contributed by atoms with E-state index in [1.807, 2.05) is 6.07 Å². The second-order valence-electron chi connectivity index (χ2n) is 1.58. The van der Waals surface area contributed by atoms with E-state index in [2.05, 4.69) is 15.3 Å². The number of nitrogens with zero attached hydrogens (tertiary/aromatic N) is 4. The Morgan fingerprint density at radius 2 is 2.36 bits per heavy atom. The quantitative estimate of drug-likeness (QED) is 0.145. The molecule has 0 aliphatic rings. The van der Waals surface area contributed by atoms with E-state index in [4.69, 9.17) is 16.2 Å². The molecule has 11 heavy (non-hydrogen) atoms. The Kier molecular flexibility index (Phi) is 5.74. The van der Waals surface area contributed by atoms with Crippen LogP contribution in [0.5, 0.6) is 0 Å². The third-order valence-corrected chi connectivity index (χ3v) is 0.833. The lowest BCUT2D eigenvalue weighted by Gasteiger charge is -1.90. The normalized spacial score (nSPS) is 11.8. The number of aliphatic imine (C=N–C) groups is 1. The third kappa shape index (κ3) is 4.99. The summed E-state index contributed by atoms with van der Waals surface area (Å²) in [7, 11) is 0. The minimum absolute atomic E-state index is 0.141. The molecule has 0 heterocycles. The highest BCUT2D eigenvalue weighted by Crippen LogP contribution is 1.84. The van der Waals surface area contributed by atoms with Crippen molar-refractivity contribution in [1.82, 2.24) is 0 Å². The summed E-state index contributed by atoms with van der Waals surface area (Å²) in [6, 6.07) is 1.90. The molecule has 0 aromatic heterocycles. The summed E-state index contributed by atoms with van der Waals surface area (Å²) in [6.45, 7) is -0.00244. The monoisotopic (exact) mass is 155 g/mol. The Labute approximate surface area is 64.0 Å². The van der Waals surface area contributed by atoms with Crippen LogP contribution in [0.4, 0.5) is 0 Å². The van der Waals surface area contributed by atoms with Crippen molar-refractivity contribution in [3.8, 4) is 6.07 Å². The first-order chi connectivity index (χ1) is 5.35. The van der Waals surface area contributed by atoms with Crippen molar-refractivity contribution in [2.75, 3.05) is 13.2 Å². The summed E-state index contributed by atoms with van der Waals surface area (Å²) in [6.07, 6.45) is 0.295. The van der Waals surface area contributed by atoms with Crippen LogP contribution in [0.3, 0.4) is 0 Å². The van der Waals surface area contributed by atoms with Crippen LogP contribution in [-0.2, 0) is 0 Å². The van der Waals surface area contributed by atoms with Gasteiger partial charge in [-0.3, -0.25) is 4.99 Å². The molecule has 0 atom stereocenters. The molecular formula is C5H9N5O. The fourth-order valence-corrected chi connectivity index (χ4v) is 0.415. The predicted molar refractivity (Wildman–Crippen MR) is 38.7 cm³/mol. The molecule has 0 rings (SSSR count). The van der Waals surface area contributed by atoms with Crippen molar-refractivity contribution in [3.63, 3.8) is 0 Å². The van der Waals surface area contributed by atoms with Crippen molar-refractivity contribution in [2.45, 2.75) is 6.42 Å². The van der Waals surface area contributed by atoms with Crippen LogP contribution in [0.25, 0.3) is 0 Å². The number of aliphatic hydroxyl groups excluding tert-OH is 1. The first-order valence-corrected chi connectivity index (χ1v) is 2.97. The van der Waals surface area contributed by atoms with Gasteiger partial charge in [0.25, 0.3) is 0 Å². The Morgan fingerprint density at radius 1 is 1.64 bits per heavy atom. The maximum atomic E-state index is 8.53. The highest BCUT2D eigenvalue weighted by molar-refractivity contribution is 5.83. The highest BCUT2D eigenvalue weighted by atomic mass is 16.3. The molecule has 0 saturated heterocycles. The number of hydrogen-bond acceptors (Lipinski definition) is 4. The molecule has 0 unspecified atom stereocenters. The molecule has 0 amide bonds. The van der Waals surface area contributed by atoms with Crippen molar-refractivity contribution >= 4 is 5.84 Å². The molecule has 0 radical (unpaired) electrons. The zero-order valence-corrected chi connectivity index (χ0v) is 5.93. The molecule has 0 aliphatic carbocycles. The number of nitrogens with two attached hydrogens (primary N) is 1. The van der Waals surface area contributed by atoms with Crippen molar-refractivity contribution < 1.29 is 5.11 Å². The van der Waals surface area contributed by atoms with E-state index in [0.29, 0.717) is 13.0 Å². The molecule has 6 nitrogen and oxygen atoms in total. The van der Waals surface area contributed by atoms with E-state index in [0.717, 1.165) is 0 Å². The summed E-state index contributed by atoms with van der Waals surface area (Å²) in [4.78, 5) is 3.73. The number of rotatable bonds is 3. The van der Waals surface area contributed by atoms with Crippen LogP contribution in [0, 0.1) is 11.3 Å². The van der Waals surface area contributed by atoms with Gasteiger partial charge in [0, 0.05) is 0 Å². The molecule has 0 aromatic carbocycles. The molecule has 0 fully saturated rings. The molecule has 60 valence electrons. The van der Waals surface area contributed by atoms with E-state index in [-0.39, 0.29) is 12.4 Å². The summed E-state index contributed by atoms with van der Waals surface area (Å²) < 4.78 is 0. The van der Waals surface area contributed by atoms with Gasteiger partial charge >= 0.3 is 0 Å². The van der Waals surface area contributed by atoms with E-state index in [1.165, 1.54) is 0 Å². The van der Waals surface area contributed by atoms with E-state index < -0.39 is 0 Å².